The van der Waals surface area contributed by atoms with Crippen LogP contribution in [0.1, 0.15) is 6.42 Å². The molecule has 96 valence electrons. The van der Waals surface area contributed by atoms with Crippen molar-refractivity contribution in [3.05, 3.63) is 34.4 Å². The van der Waals surface area contributed by atoms with Crippen LogP contribution in [0.3, 0.4) is 0 Å². The molecule has 0 fully saturated rings. The van der Waals surface area contributed by atoms with Gasteiger partial charge < -0.3 is 0 Å². The van der Waals surface area contributed by atoms with Crippen LogP contribution >= 0.6 is 11.6 Å². The molecule has 0 saturated carbocycles. The first-order valence-electron chi connectivity index (χ1n) is 4.84. The second-order valence-corrected chi connectivity index (χ2v) is 5.97. The summed E-state index contributed by atoms with van der Waals surface area (Å²) in [5.41, 5.74) is -0.198. The van der Waals surface area contributed by atoms with Crippen LogP contribution in [0.4, 0.5) is 5.69 Å². The Morgan fingerprint density at radius 1 is 1.39 bits per heavy atom. The lowest BCUT2D eigenvalue weighted by Crippen LogP contribution is -2.22. The quantitative estimate of drug-likeness (QED) is 0.468. The maximum absolute atomic E-state index is 12.0. The predicted molar refractivity (Wildman–Crippen MR) is 65.0 cm³/mol. The summed E-state index contributed by atoms with van der Waals surface area (Å²) >= 11 is 5.52. The molecule has 0 aromatic heterocycles. The Labute approximate surface area is 109 Å². The molecule has 6 nitrogen and oxygen atoms in total. The molecule has 0 saturated heterocycles. The van der Waals surface area contributed by atoms with E-state index in [0.29, 0.717) is 0 Å². The average Bonchev–Trinajstić information content (AvgIpc) is 2.35. The molecule has 1 rings (SSSR count). The molecule has 1 aromatic carbocycles. The summed E-state index contributed by atoms with van der Waals surface area (Å²) in [6.45, 7) is 0. The number of halogens is 1. The van der Waals surface area contributed by atoms with Gasteiger partial charge in [-0.15, -0.1) is 11.6 Å². The molecular formula is C10H9ClN2O4S. The van der Waals surface area contributed by atoms with Gasteiger partial charge in [0, 0.05) is 18.0 Å². The van der Waals surface area contributed by atoms with Gasteiger partial charge in [-0.3, -0.25) is 10.1 Å². The predicted octanol–water partition coefficient (Wildman–Crippen LogP) is 1.89. The number of nitrogens with zero attached hydrogens (tertiary/aromatic N) is 2. The highest BCUT2D eigenvalue weighted by Crippen LogP contribution is 2.22. The highest BCUT2D eigenvalue weighted by molar-refractivity contribution is 7.92. The lowest BCUT2D eigenvalue weighted by molar-refractivity contribution is -0.384. The topological polar surface area (TPSA) is 101 Å². The third-order valence-corrected chi connectivity index (χ3v) is 5.00. The van der Waals surface area contributed by atoms with Crippen LogP contribution in [0, 0.1) is 21.4 Å². The molecule has 0 heterocycles. The van der Waals surface area contributed by atoms with E-state index in [2.05, 4.69) is 0 Å². The SMILES string of the molecule is N#CCC(CCl)S(=O)(=O)c1ccc([N+](=O)[O-])cc1. The summed E-state index contributed by atoms with van der Waals surface area (Å²) < 4.78 is 24.1. The minimum atomic E-state index is -3.73. The van der Waals surface area contributed by atoms with Gasteiger partial charge in [-0.05, 0) is 12.1 Å². The molecule has 8 heteroatoms. The lowest BCUT2D eigenvalue weighted by Gasteiger charge is -2.11. The van der Waals surface area contributed by atoms with Crippen molar-refractivity contribution in [2.45, 2.75) is 16.6 Å². The molecule has 0 amide bonds. The Bertz CT molecular complexity index is 577. The van der Waals surface area contributed by atoms with Crippen molar-refractivity contribution in [3.8, 4) is 6.07 Å². The van der Waals surface area contributed by atoms with Crippen LogP contribution in [0.5, 0.6) is 0 Å². The average molecular weight is 289 g/mol. The number of benzene rings is 1. The zero-order chi connectivity index (χ0) is 13.8. The van der Waals surface area contributed by atoms with Crippen LogP contribution < -0.4 is 0 Å². The molecule has 1 unspecified atom stereocenters. The first-order valence-corrected chi connectivity index (χ1v) is 6.93. The van der Waals surface area contributed by atoms with Crippen molar-refractivity contribution in [1.29, 1.82) is 5.26 Å². The van der Waals surface area contributed by atoms with Gasteiger partial charge in [0.1, 0.15) is 0 Å². The van der Waals surface area contributed by atoms with Crippen molar-refractivity contribution in [3.63, 3.8) is 0 Å². The Hall–Kier alpha value is -1.65. The fourth-order valence-corrected chi connectivity index (χ4v) is 3.27. The molecule has 0 bridgehead atoms. The largest absolute Gasteiger partial charge is 0.269 e. The second kappa shape index (κ2) is 5.80. The Kier molecular flexibility index (Phi) is 4.64. The van der Waals surface area contributed by atoms with E-state index in [-0.39, 0.29) is 22.9 Å². The zero-order valence-electron chi connectivity index (χ0n) is 9.11. The number of alkyl halides is 1. The fourth-order valence-electron chi connectivity index (χ4n) is 1.30. The standard InChI is InChI=1S/C10H9ClN2O4S/c11-7-10(5-6-12)18(16,17)9-3-1-8(2-4-9)13(14)15/h1-4,10H,5,7H2. The summed E-state index contributed by atoms with van der Waals surface area (Å²) in [4.78, 5) is 9.75. The van der Waals surface area contributed by atoms with Gasteiger partial charge in [0.15, 0.2) is 9.84 Å². The second-order valence-electron chi connectivity index (χ2n) is 3.43. The first kappa shape index (κ1) is 14.4. The minimum Gasteiger partial charge on any atom is -0.258 e. The number of non-ortho nitro benzene ring substituents is 1. The van der Waals surface area contributed by atoms with Gasteiger partial charge >= 0.3 is 0 Å². The van der Waals surface area contributed by atoms with Crippen molar-refractivity contribution in [2.75, 3.05) is 5.88 Å². The monoisotopic (exact) mass is 288 g/mol. The Morgan fingerprint density at radius 2 is 1.94 bits per heavy atom. The first-order chi connectivity index (χ1) is 8.43. The van der Waals surface area contributed by atoms with Crippen LogP contribution in [0.2, 0.25) is 0 Å². The van der Waals surface area contributed by atoms with Gasteiger partial charge in [0.2, 0.25) is 0 Å². The van der Waals surface area contributed by atoms with Crippen LogP contribution in [-0.2, 0) is 9.84 Å². The number of nitro groups is 1. The summed E-state index contributed by atoms with van der Waals surface area (Å²) in [6.07, 6.45) is -0.219. The molecule has 1 atom stereocenters. The zero-order valence-corrected chi connectivity index (χ0v) is 10.7. The van der Waals surface area contributed by atoms with Crippen molar-refractivity contribution < 1.29 is 13.3 Å². The van der Waals surface area contributed by atoms with E-state index in [9.17, 15) is 18.5 Å². The number of nitro benzene ring substituents is 1. The summed E-state index contributed by atoms with van der Waals surface area (Å²) in [7, 11) is -3.73. The van der Waals surface area contributed by atoms with Gasteiger partial charge in [-0.2, -0.15) is 5.26 Å². The fraction of sp³-hybridized carbons (Fsp3) is 0.300. The van der Waals surface area contributed by atoms with Crippen LogP contribution in [-0.4, -0.2) is 24.5 Å². The molecule has 0 N–H and O–H groups in total. The molecule has 0 radical (unpaired) electrons. The molecule has 0 aliphatic rings. The maximum Gasteiger partial charge on any atom is 0.269 e. The van der Waals surface area contributed by atoms with E-state index in [1.54, 1.807) is 6.07 Å². The van der Waals surface area contributed by atoms with Crippen molar-refractivity contribution >= 4 is 27.1 Å². The smallest absolute Gasteiger partial charge is 0.258 e. The Morgan fingerprint density at radius 3 is 2.33 bits per heavy atom. The lowest BCUT2D eigenvalue weighted by atomic mass is 10.3. The minimum absolute atomic E-state index is 0.0750. The number of hydrogen-bond acceptors (Lipinski definition) is 5. The van der Waals surface area contributed by atoms with E-state index in [0.717, 1.165) is 24.3 Å². The molecule has 0 aliphatic carbocycles. The normalized spacial score (nSPS) is 12.7. The summed E-state index contributed by atoms with van der Waals surface area (Å²) in [5, 5.41) is 18.0. The highest BCUT2D eigenvalue weighted by atomic mass is 35.5. The number of hydrogen-bond donors (Lipinski definition) is 0. The molecule has 0 spiro atoms. The van der Waals surface area contributed by atoms with E-state index in [4.69, 9.17) is 16.9 Å². The van der Waals surface area contributed by atoms with Gasteiger partial charge in [-0.1, -0.05) is 0 Å². The molecular weight excluding hydrogens is 280 g/mol. The van der Waals surface area contributed by atoms with Crippen LogP contribution in [0.25, 0.3) is 0 Å². The number of nitriles is 1. The van der Waals surface area contributed by atoms with E-state index in [1.807, 2.05) is 0 Å². The molecule has 1 aromatic rings. The summed E-state index contributed by atoms with van der Waals surface area (Å²) in [5.74, 6) is -0.202. The van der Waals surface area contributed by atoms with Gasteiger partial charge in [-0.25, -0.2) is 8.42 Å². The van der Waals surface area contributed by atoms with E-state index >= 15 is 0 Å². The van der Waals surface area contributed by atoms with E-state index in [1.165, 1.54) is 0 Å². The molecule has 18 heavy (non-hydrogen) atoms. The Balaban J connectivity index is 3.13. The summed E-state index contributed by atoms with van der Waals surface area (Å²) in [6, 6.07) is 6.24. The molecule has 0 aliphatic heterocycles. The van der Waals surface area contributed by atoms with Gasteiger partial charge in [0.05, 0.1) is 27.6 Å². The van der Waals surface area contributed by atoms with E-state index < -0.39 is 20.0 Å². The maximum atomic E-state index is 12.0. The van der Waals surface area contributed by atoms with Crippen molar-refractivity contribution in [1.82, 2.24) is 0 Å². The third-order valence-electron chi connectivity index (χ3n) is 2.31. The van der Waals surface area contributed by atoms with Crippen LogP contribution in [0.15, 0.2) is 29.2 Å². The van der Waals surface area contributed by atoms with Crippen molar-refractivity contribution in [2.24, 2.45) is 0 Å². The number of rotatable bonds is 5. The highest BCUT2D eigenvalue weighted by Gasteiger charge is 2.27. The van der Waals surface area contributed by atoms with Gasteiger partial charge in [0.25, 0.3) is 5.69 Å². The number of sulfone groups is 1. The third kappa shape index (κ3) is 2.97.